The van der Waals surface area contributed by atoms with Gasteiger partial charge in [-0.3, -0.25) is 0 Å². The monoisotopic (exact) mass is 198 g/mol. The number of hydrogen-bond acceptors (Lipinski definition) is 4. The summed E-state index contributed by atoms with van der Waals surface area (Å²) in [5.41, 5.74) is -0.738. The minimum Gasteiger partial charge on any atom is -0.454 e. The van der Waals surface area contributed by atoms with Gasteiger partial charge in [0.25, 0.3) is 0 Å². The summed E-state index contributed by atoms with van der Waals surface area (Å²) in [5, 5.41) is 7.69. The molecule has 0 unspecified atom stereocenters. The molecule has 1 N–H and O–H groups in total. The second-order valence-electron chi connectivity index (χ2n) is 1.37. The van der Waals surface area contributed by atoms with E-state index in [9.17, 15) is 9.59 Å². The fraction of sp³-hybridized carbons (Fsp3) is 0.667. The van der Waals surface area contributed by atoms with Crippen LogP contribution in [0.25, 0.3) is 0 Å². The van der Waals surface area contributed by atoms with Crippen LogP contribution in [0.15, 0.2) is 0 Å². The highest BCUT2D eigenvalue weighted by atomic mass is 35.5. The number of ether oxygens (including phenoxy) is 2. The molecular weight excluding hydrogens is 188 g/mol. The predicted octanol–water partition coefficient (Wildman–Crippen LogP) is 2.08. The maximum Gasteiger partial charge on any atom is 0.505 e. The van der Waals surface area contributed by atoms with Gasteiger partial charge in [0.05, 0.1) is 13.2 Å². The van der Waals surface area contributed by atoms with Crippen LogP contribution in [-0.2, 0) is 9.47 Å². The molecule has 72 valence electrons. The van der Waals surface area contributed by atoms with E-state index < -0.39 is 11.6 Å². The van der Waals surface area contributed by atoms with Crippen molar-refractivity contribution in [1.82, 2.24) is 0 Å². The number of rotatable bonds is 2. The summed E-state index contributed by atoms with van der Waals surface area (Å²) in [4.78, 5) is 19.0. The Labute approximate surface area is 75.2 Å². The van der Waals surface area contributed by atoms with Crippen LogP contribution in [0.4, 0.5) is 9.59 Å². The van der Waals surface area contributed by atoms with Crippen molar-refractivity contribution in [3.63, 3.8) is 0 Å². The molecule has 5 nitrogen and oxygen atoms in total. The fourth-order valence-electron chi connectivity index (χ4n) is 0.237. The highest BCUT2D eigenvalue weighted by Gasteiger charge is 1.86. The lowest BCUT2D eigenvalue weighted by atomic mass is 10.9. The molecule has 0 aliphatic carbocycles. The molecule has 0 fully saturated rings. The third-order valence-electron chi connectivity index (χ3n) is 0.526. The van der Waals surface area contributed by atoms with Crippen molar-refractivity contribution >= 4 is 23.2 Å². The highest BCUT2D eigenvalue weighted by molar-refractivity contribution is 6.61. The first kappa shape index (κ1) is 13.6. The highest BCUT2D eigenvalue weighted by Crippen LogP contribution is 1.82. The van der Waals surface area contributed by atoms with Crippen LogP contribution in [0.2, 0.25) is 0 Å². The minimum atomic E-state index is -1.21. The summed E-state index contributed by atoms with van der Waals surface area (Å²) in [6.45, 7) is 3.89. The Hall–Kier alpha value is -0.970. The van der Waals surface area contributed by atoms with Crippen molar-refractivity contribution in [3.8, 4) is 0 Å². The van der Waals surface area contributed by atoms with Crippen molar-refractivity contribution in [2.24, 2.45) is 0 Å². The van der Waals surface area contributed by atoms with Crippen LogP contribution in [0.1, 0.15) is 13.8 Å². The van der Waals surface area contributed by atoms with Gasteiger partial charge < -0.3 is 14.6 Å². The van der Waals surface area contributed by atoms with Crippen molar-refractivity contribution < 1.29 is 24.2 Å². The van der Waals surface area contributed by atoms with Crippen LogP contribution in [0.3, 0.4) is 0 Å². The number of halogens is 1. The van der Waals surface area contributed by atoms with E-state index in [-0.39, 0.29) is 6.61 Å². The molecule has 12 heavy (non-hydrogen) atoms. The van der Waals surface area contributed by atoms with Gasteiger partial charge in [0, 0.05) is 11.6 Å². The van der Waals surface area contributed by atoms with Gasteiger partial charge in [-0.2, -0.15) is 0 Å². The number of carbonyl (C=O) groups is 2. The minimum absolute atomic E-state index is 0.231. The molecule has 0 aliphatic rings. The average Bonchev–Trinajstić information content (AvgIpc) is 1.87. The molecular formula is C6H11ClO5. The molecule has 0 saturated heterocycles. The van der Waals surface area contributed by atoms with E-state index in [1.54, 1.807) is 13.8 Å². The van der Waals surface area contributed by atoms with Crippen LogP contribution >= 0.6 is 11.6 Å². The molecule has 0 aliphatic heterocycles. The number of carbonyl (C=O) groups excluding carboxylic acids is 1. The Morgan fingerprint density at radius 2 is 1.67 bits per heavy atom. The normalized spacial score (nSPS) is 7.58. The second-order valence-corrected chi connectivity index (χ2v) is 1.68. The molecule has 0 spiro atoms. The Morgan fingerprint density at radius 1 is 1.25 bits per heavy atom. The van der Waals surface area contributed by atoms with E-state index in [0.29, 0.717) is 6.61 Å². The molecule has 0 aromatic carbocycles. The SMILES string of the molecule is CCOC(=O)Cl.CCOC(=O)O. The lowest BCUT2D eigenvalue weighted by Crippen LogP contribution is -1.97. The smallest absolute Gasteiger partial charge is 0.454 e. The lowest BCUT2D eigenvalue weighted by molar-refractivity contribution is 0.0966. The summed E-state index contributed by atoms with van der Waals surface area (Å²) in [5.74, 6) is 0. The summed E-state index contributed by atoms with van der Waals surface area (Å²) >= 11 is 4.72. The zero-order valence-corrected chi connectivity index (χ0v) is 7.63. The molecule has 0 heterocycles. The zero-order chi connectivity index (χ0) is 9.98. The summed E-state index contributed by atoms with van der Waals surface area (Å²) in [6.07, 6.45) is -1.21. The van der Waals surface area contributed by atoms with E-state index in [0.717, 1.165) is 0 Å². The first-order valence-corrected chi connectivity index (χ1v) is 3.60. The third-order valence-corrected chi connectivity index (χ3v) is 0.635. The second kappa shape index (κ2) is 10.0. The standard InChI is InChI=1S/C3H5ClO2.C3H6O3/c2*1-2-6-3(4)5/h2H2,1H3;2H2,1H3,(H,4,5). The Morgan fingerprint density at radius 3 is 1.67 bits per heavy atom. The average molecular weight is 199 g/mol. The molecule has 6 heteroatoms. The molecule has 0 aromatic rings. The van der Waals surface area contributed by atoms with Gasteiger partial charge in [-0.25, -0.2) is 9.59 Å². The first-order valence-electron chi connectivity index (χ1n) is 3.22. The van der Waals surface area contributed by atoms with E-state index in [2.05, 4.69) is 9.47 Å². The van der Waals surface area contributed by atoms with Crippen molar-refractivity contribution in [2.75, 3.05) is 13.2 Å². The van der Waals surface area contributed by atoms with Gasteiger partial charge >= 0.3 is 11.6 Å². The van der Waals surface area contributed by atoms with Gasteiger partial charge in [0.2, 0.25) is 0 Å². The van der Waals surface area contributed by atoms with Gasteiger partial charge in [0.1, 0.15) is 0 Å². The summed E-state index contributed by atoms with van der Waals surface area (Å²) in [6, 6.07) is 0. The lowest BCUT2D eigenvalue weighted by Gasteiger charge is -1.87. The molecule has 0 aromatic heterocycles. The Kier molecular flexibility index (Phi) is 11.4. The van der Waals surface area contributed by atoms with Gasteiger partial charge in [-0.1, -0.05) is 0 Å². The van der Waals surface area contributed by atoms with Crippen LogP contribution in [0.5, 0.6) is 0 Å². The van der Waals surface area contributed by atoms with Gasteiger partial charge in [-0.05, 0) is 13.8 Å². The Balaban J connectivity index is 0. The summed E-state index contributed by atoms with van der Waals surface area (Å²) < 4.78 is 8.13. The van der Waals surface area contributed by atoms with E-state index in [1.165, 1.54) is 0 Å². The van der Waals surface area contributed by atoms with Crippen molar-refractivity contribution in [1.29, 1.82) is 0 Å². The first-order chi connectivity index (χ1) is 5.54. The molecule has 0 saturated carbocycles. The largest absolute Gasteiger partial charge is 0.505 e. The van der Waals surface area contributed by atoms with Gasteiger partial charge in [-0.15, -0.1) is 0 Å². The van der Waals surface area contributed by atoms with E-state index in [4.69, 9.17) is 16.7 Å². The molecule has 0 bridgehead atoms. The number of carboxylic acid groups (broad SMARTS) is 1. The molecule has 0 atom stereocenters. The topological polar surface area (TPSA) is 72.8 Å². The maximum atomic E-state index is 9.59. The third kappa shape index (κ3) is 23.0. The zero-order valence-electron chi connectivity index (χ0n) is 6.87. The van der Waals surface area contributed by atoms with Crippen LogP contribution in [-0.4, -0.2) is 29.9 Å². The predicted molar refractivity (Wildman–Crippen MR) is 42.5 cm³/mol. The Bertz CT molecular complexity index is 120. The maximum absolute atomic E-state index is 9.59. The number of hydrogen-bond donors (Lipinski definition) is 1. The van der Waals surface area contributed by atoms with E-state index in [1.807, 2.05) is 0 Å². The summed E-state index contributed by atoms with van der Waals surface area (Å²) in [7, 11) is 0. The van der Waals surface area contributed by atoms with Crippen LogP contribution < -0.4 is 0 Å². The van der Waals surface area contributed by atoms with Crippen LogP contribution in [0, 0.1) is 0 Å². The quantitative estimate of drug-likeness (QED) is 0.543. The molecule has 0 amide bonds. The van der Waals surface area contributed by atoms with E-state index >= 15 is 0 Å². The van der Waals surface area contributed by atoms with Crippen molar-refractivity contribution in [2.45, 2.75) is 13.8 Å². The van der Waals surface area contributed by atoms with Gasteiger partial charge in [0.15, 0.2) is 0 Å². The van der Waals surface area contributed by atoms with Crippen molar-refractivity contribution in [3.05, 3.63) is 0 Å². The molecule has 0 rings (SSSR count). The molecule has 0 radical (unpaired) electrons. The fourth-order valence-corrected chi connectivity index (χ4v) is 0.346.